The van der Waals surface area contributed by atoms with Crippen molar-refractivity contribution >= 4 is 39.0 Å². The molecule has 4 nitrogen and oxygen atoms in total. The van der Waals surface area contributed by atoms with E-state index < -0.39 is 0 Å². The lowest BCUT2D eigenvalue weighted by Crippen LogP contribution is -2.35. The second-order valence-corrected chi connectivity index (χ2v) is 7.61. The molecule has 21 heavy (non-hydrogen) atoms. The zero-order valence-corrected chi connectivity index (χ0v) is 14.9. The summed E-state index contributed by atoms with van der Waals surface area (Å²) in [5.41, 5.74) is 0. The zero-order chi connectivity index (χ0) is 15.6. The van der Waals surface area contributed by atoms with Gasteiger partial charge in [0.25, 0.3) is 0 Å². The number of likely N-dealkylation sites (N-methyl/N-ethyl adjacent to an activating group) is 1. The van der Waals surface area contributed by atoms with Gasteiger partial charge in [0, 0.05) is 24.5 Å². The van der Waals surface area contributed by atoms with E-state index >= 15 is 0 Å². The van der Waals surface area contributed by atoms with E-state index in [0.717, 1.165) is 35.7 Å². The zero-order valence-electron chi connectivity index (χ0n) is 13.4. The maximum atomic E-state index is 6.12. The molecule has 116 valence electrons. The Morgan fingerprint density at radius 3 is 2.57 bits per heavy atom. The van der Waals surface area contributed by atoms with Crippen LogP contribution in [0.25, 0.3) is 10.2 Å². The molecule has 0 radical (unpaired) electrons. The molecular formula is C15H23ClN4S. The van der Waals surface area contributed by atoms with Crippen LogP contribution >= 0.6 is 22.9 Å². The van der Waals surface area contributed by atoms with Gasteiger partial charge >= 0.3 is 0 Å². The third-order valence-electron chi connectivity index (χ3n) is 3.17. The average molecular weight is 327 g/mol. The minimum absolute atomic E-state index is 0.331. The number of thiophene rings is 1. The van der Waals surface area contributed by atoms with Gasteiger partial charge in [-0.2, -0.15) is 4.98 Å². The highest BCUT2D eigenvalue weighted by Crippen LogP contribution is 2.32. The molecule has 0 spiro atoms. The molecule has 0 aliphatic heterocycles. The number of nitrogens with zero attached hydrogens (tertiary/aromatic N) is 4. The lowest BCUT2D eigenvalue weighted by atomic mass is 10.2. The number of aromatic nitrogens is 2. The summed E-state index contributed by atoms with van der Waals surface area (Å²) >= 11 is 7.79. The molecule has 0 bridgehead atoms. The number of fused-ring (bicyclic) bond motifs is 1. The van der Waals surface area contributed by atoms with Gasteiger partial charge in [0.05, 0.1) is 5.39 Å². The van der Waals surface area contributed by atoms with Gasteiger partial charge in [-0.25, -0.2) is 4.98 Å². The van der Waals surface area contributed by atoms with Crippen molar-refractivity contribution in [1.82, 2.24) is 14.9 Å². The normalized spacial score (nSPS) is 11.8. The van der Waals surface area contributed by atoms with Crippen molar-refractivity contribution in [1.29, 1.82) is 0 Å². The number of rotatable bonds is 6. The van der Waals surface area contributed by atoms with Gasteiger partial charge in [0.1, 0.15) is 10.6 Å². The molecule has 0 aromatic carbocycles. The van der Waals surface area contributed by atoms with Crippen LogP contribution in [0, 0.1) is 12.8 Å². The fourth-order valence-electron chi connectivity index (χ4n) is 2.29. The number of hydrogen-bond donors (Lipinski definition) is 0. The summed E-state index contributed by atoms with van der Waals surface area (Å²) in [6, 6.07) is 2.16. The van der Waals surface area contributed by atoms with E-state index in [1.165, 1.54) is 4.88 Å². The Morgan fingerprint density at radius 1 is 1.24 bits per heavy atom. The SMILES string of the molecule is Cc1cc2c(N(CCN(C)C)CC(C)C)nc(Cl)nc2s1. The Hall–Kier alpha value is -0.910. The van der Waals surface area contributed by atoms with Crippen LogP contribution < -0.4 is 4.90 Å². The van der Waals surface area contributed by atoms with Crippen molar-refractivity contribution in [2.24, 2.45) is 5.92 Å². The summed E-state index contributed by atoms with van der Waals surface area (Å²) in [6.45, 7) is 9.42. The van der Waals surface area contributed by atoms with Gasteiger partial charge < -0.3 is 9.80 Å². The smallest absolute Gasteiger partial charge is 0.225 e. The minimum Gasteiger partial charge on any atom is -0.354 e. The summed E-state index contributed by atoms with van der Waals surface area (Å²) in [4.78, 5) is 15.6. The highest BCUT2D eigenvalue weighted by atomic mass is 35.5. The number of hydrogen-bond acceptors (Lipinski definition) is 5. The fourth-order valence-corrected chi connectivity index (χ4v) is 3.38. The molecule has 0 saturated heterocycles. The summed E-state index contributed by atoms with van der Waals surface area (Å²) in [7, 11) is 4.18. The van der Waals surface area contributed by atoms with E-state index in [-0.39, 0.29) is 0 Å². The Balaban J connectivity index is 2.42. The van der Waals surface area contributed by atoms with Gasteiger partial charge in [0.15, 0.2) is 0 Å². The summed E-state index contributed by atoms with van der Waals surface area (Å²) in [6.07, 6.45) is 0. The number of anilines is 1. The molecule has 0 N–H and O–H groups in total. The second-order valence-electron chi connectivity index (χ2n) is 6.04. The number of aryl methyl sites for hydroxylation is 1. The Kier molecular flexibility index (Phi) is 5.41. The van der Waals surface area contributed by atoms with Gasteiger partial charge in [-0.15, -0.1) is 11.3 Å². The molecule has 0 amide bonds. The van der Waals surface area contributed by atoms with Crippen LogP contribution in [0.1, 0.15) is 18.7 Å². The average Bonchev–Trinajstić information content (AvgIpc) is 2.73. The highest BCUT2D eigenvalue weighted by molar-refractivity contribution is 7.18. The molecular weight excluding hydrogens is 304 g/mol. The van der Waals surface area contributed by atoms with Crippen molar-refractivity contribution in [3.8, 4) is 0 Å². The van der Waals surface area contributed by atoms with Crippen LogP contribution in [-0.2, 0) is 0 Å². The third-order valence-corrected chi connectivity index (χ3v) is 4.28. The monoisotopic (exact) mass is 326 g/mol. The van der Waals surface area contributed by atoms with E-state index in [4.69, 9.17) is 11.6 Å². The van der Waals surface area contributed by atoms with Gasteiger partial charge in [-0.05, 0) is 44.6 Å². The van der Waals surface area contributed by atoms with Crippen LogP contribution in [0.3, 0.4) is 0 Å². The van der Waals surface area contributed by atoms with Gasteiger partial charge in [0.2, 0.25) is 5.28 Å². The Bertz CT molecular complexity index is 609. The van der Waals surface area contributed by atoms with Gasteiger partial charge in [-0.1, -0.05) is 13.8 Å². The van der Waals surface area contributed by atoms with Gasteiger partial charge in [-0.3, -0.25) is 0 Å². The molecule has 0 aliphatic carbocycles. The lowest BCUT2D eigenvalue weighted by molar-refractivity contribution is 0.408. The van der Waals surface area contributed by atoms with Crippen LogP contribution in [0.4, 0.5) is 5.82 Å². The second kappa shape index (κ2) is 6.90. The molecule has 6 heteroatoms. The fraction of sp³-hybridized carbons (Fsp3) is 0.600. The quantitative estimate of drug-likeness (QED) is 0.758. The molecule has 2 heterocycles. The lowest BCUT2D eigenvalue weighted by Gasteiger charge is -2.27. The molecule has 0 fully saturated rings. The first-order valence-corrected chi connectivity index (χ1v) is 8.39. The highest BCUT2D eigenvalue weighted by Gasteiger charge is 2.17. The molecule has 0 saturated carbocycles. The van der Waals surface area contributed by atoms with E-state index in [1.54, 1.807) is 11.3 Å². The van der Waals surface area contributed by atoms with E-state index in [1.807, 2.05) is 0 Å². The first-order valence-electron chi connectivity index (χ1n) is 7.20. The van der Waals surface area contributed by atoms with Crippen LogP contribution in [0.5, 0.6) is 0 Å². The molecule has 0 atom stereocenters. The maximum absolute atomic E-state index is 6.12. The van der Waals surface area contributed by atoms with Crippen molar-refractivity contribution in [2.75, 3.05) is 38.6 Å². The van der Waals surface area contributed by atoms with E-state index in [0.29, 0.717) is 11.2 Å². The standard InChI is InChI=1S/C15H23ClN4S/c1-10(2)9-20(7-6-19(4)5)13-12-8-11(3)21-14(12)18-15(16)17-13/h8,10H,6-7,9H2,1-5H3. The third kappa shape index (κ3) is 4.28. The van der Waals surface area contributed by atoms with E-state index in [9.17, 15) is 0 Å². The first kappa shape index (κ1) is 16.5. The predicted molar refractivity (Wildman–Crippen MR) is 92.8 cm³/mol. The van der Waals surface area contributed by atoms with E-state index in [2.05, 4.69) is 60.7 Å². The van der Waals surface area contributed by atoms with Crippen molar-refractivity contribution in [2.45, 2.75) is 20.8 Å². The first-order chi connectivity index (χ1) is 9.86. The van der Waals surface area contributed by atoms with Crippen molar-refractivity contribution < 1.29 is 0 Å². The molecule has 2 aromatic rings. The summed E-state index contributed by atoms with van der Waals surface area (Å²) in [5.74, 6) is 1.53. The van der Waals surface area contributed by atoms with Crippen molar-refractivity contribution in [3.63, 3.8) is 0 Å². The molecule has 2 rings (SSSR count). The van der Waals surface area contributed by atoms with Crippen LogP contribution in [0.2, 0.25) is 5.28 Å². The Morgan fingerprint density at radius 2 is 1.95 bits per heavy atom. The van der Waals surface area contributed by atoms with Crippen LogP contribution in [-0.4, -0.2) is 48.6 Å². The molecule has 0 unspecified atom stereocenters. The van der Waals surface area contributed by atoms with Crippen molar-refractivity contribution in [3.05, 3.63) is 16.2 Å². The maximum Gasteiger partial charge on any atom is 0.225 e. The minimum atomic E-state index is 0.331. The van der Waals surface area contributed by atoms with Crippen LogP contribution in [0.15, 0.2) is 6.07 Å². The summed E-state index contributed by atoms with van der Waals surface area (Å²) < 4.78 is 0. The largest absolute Gasteiger partial charge is 0.354 e. The Labute approximate surface area is 135 Å². The predicted octanol–water partition coefficient (Wildman–Crippen LogP) is 3.68. The number of halogens is 1. The topological polar surface area (TPSA) is 32.3 Å². The molecule has 2 aromatic heterocycles. The summed E-state index contributed by atoms with van der Waals surface area (Å²) in [5, 5.41) is 1.44. The molecule has 0 aliphatic rings.